The fraction of sp³-hybridized carbons (Fsp3) is 0.738. The van der Waals surface area contributed by atoms with E-state index in [0.29, 0.717) is 19.3 Å². The molecule has 5 N–H and O–H groups in total. The predicted molar refractivity (Wildman–Crippen MR) is 218 cm³/mol. The van der Waals surface area contributed by atoms with Crippen molar-refractivity contribution < 1.29 is 52.6 Å². The number of aliphatic carboxylic acids is 1. The Kier molecular flexibility index (Phi) is 35.3. The average Bonchev–Trinajstić information content (AvgIpc) is 3.15. The van der Waals surface area contributed by atoms with Gasteiger partial charge in [0.25, 0.3) is 0 Å². The predicted octanol–water partition coefficient (Wildman–Crippen LogP) is 9.58. The molecule has 0 spiro atoms. The number of carboxylic acids is 1. The van der Waals surface area contributed by atoms with E-state index in [-0.39, 0.29) is 25.6 Å². The van der Waals surface area contributed by atoms with Crippen LogP contribution >= 0.6 is 7.82 Å². The summed E-state index contributed by atoms with van der Waals surface area (Å²) < 4.78 is 32.5. The Morgan fingerprint density at radius 2 is 1.13 bits per heavy atom. The molecule has 55 heavy (non-hydrogen) atoms. The Labute approximate surface area is 331 Å². The molecule has 12 nitrogen and oxygen atoms in total. The molecule has 0 aromatic rings. The van der Waals surface area contributed by atoms with Gasteiger partial charge in [-0.1, -0.05) is 152 Å². The van der Waals surface area contributed by atoms with Gasteiger partial charge in [-0.2, -0.15) is 0 Å². The average molecular weight is 800 g/mol. The van der Waals surface area contributed by atoms with Crippen LogP contribution in [0, 0.1) is 0 Å². The highest BCUT2D eigenvalue weighted by Crippen LogP contribution is 2.43. The first kappa shape index (κ1) is 52.4. The Hall–Kier alpha value is -2.60. The molecule has 0 aromatic carbocycles. The lowest BCUT2D eigenvalue weighted by Gasteiger charge is -2.20. The number of carbonyl (C=O) groups excluding carboxylic acids is 2. The van der Waals surface area contributed by atoms with Gasteiger partial charge in [-0.3, -0.25) is 23.4 Å². The van der Waals surface area contributed by atoms with Crippen LogP contribution < -0.4 is 5.73 Å². The van der Waals surface area contributed by atoms with Crippen molar-refractivity contribution >= 4 is 25.7 Å². The quantitative estimate of drug-likeness (QED) is 0.0200. The number of carbonyl (C=O) groups is 3. The highest BCUT2D eigenvalue weighted by Gasteiger charge is 2.28. The third kappa shape index (κ3) is 36.8. The van der Waals surface area contributed by atoms with Gasteiger partial charge in [0, 0.05) is 12.8 Å². The third-order valence-electron chi connectivity index (χ3n) is 8.65. The van der Waals surface area contributed by atoms with E-state index in [1.807, 2.05) is 24.3 Å². The van der Waals surface area contributed by atoms with Gasteiger partial charge in [-0.15, -0.1) is 0 Å². The van der Waals surface area contributed by atoms with Crippen molar-refractivity contribution in [1.82, 2.24) is 0 Å². The van der Waals surface area contributed by atoms with Gasteiger partial charge in [0.15, 0.2) is 6.10 Å². The Morgan fingerprint density at radius 3 is 1.69 bits per heavy atom. The summed E-state index contributed by atoms with van der Waals surface area (Å²) in [5, 5.41) is 18.7. The highest BCUT2D eigenvalue weighted by molar-refractivity contribution is 7.47. The van der Waals surface area contributed by atoms with Gasteiger partial charge < -0.3 is 30.3 Å². The molecule has 0 bridgehead atoms. The maximum atomic E-state index is 12.6. The minimum Gasteiger partial charge on any atom is -0.480 e. The molecule has 0 aliphatic carbocycles. The number of rotatable bonds is 38. The summed E-state index contributed by atoms with van der Waals surface area (Å²) in [6, 6.07) is -1.54. The van der Waals surface area contributed by atoms with E-state index in [2.05, 4.69) is 42.7 Å². The van der Waals surface area contributed by atoms with E-state index < -0.39 is 51.1 Å². The molecule has 0 radical (unpaired) electrons. The molecule has 1 unspecified atom stereocenters. The molecule has 0 heterocycles. The Bertz CT molecular complexity index is 1140. The fourth-order valence-electron chi connectivity index (χ4n) is 5.31. The van der Waals surface area contributed by atoms with Gasteiger partial charge in [0.2, 0.25) is 0 Å². The molecular weight excluding hydrogens is 725 g/mol. The second-order valence-corrected chi connectivity index (χ2v) is 15.4. The number of carboxylic acid groups (broad SMARTS) is 1. The van der Waals surface area contributed by atoms with Gasteiger partial charge in [0.05, 0.1) is 19.3 Å². The lowest BCUT2D eigenvalue weighted by Crippen LogP contribution is -2.34. The molecule has 0 saturated heterocycles. The van der Waals surface area contributed by atoms with E-state index in [9.17, 15) is 28.9 Å². The number of aliphatic hydroxyl groups excluding tert-OH is 1. The van der Waals surface area contributed by atoms with Gasteiger partial charge in [0.1, 0.15) is 12.6 Å². The first-order chi connectivity index (χ1) is 26.5. The van der Waals surface area contributed by atoms with E-state index in [0.717, 1.165) is 57.8 Å². The van der Waals surface area contributed by atoms with Crippen LogP contribution in [0.1, 0.15) is 162 Å². The molecule has 0 fully saturated rings. The molecular formula is C42H74NO11P. The number of esters is 2. The second-order valence-electron chi connectivity index (χ2n) is 13.9. The normalized spacial score (nSPS) is 14.9. The zero-order valence-corrected chi connectivity index (χ0v) is 34.8. The number of phosphoric ester groups is 1. The maximum absolute atomic E-state index is 12.6. The molecule has 0 saturated carbocycles. The second kappa shape index (κ2) is 37.0. The first-order valence-corrected chi connectivity index (χ1v) is 22.2. The summed E-state index contributed by atoms with van der Waals surface area (Å²) in [5.41, 5.74) is 5.32. The minimum absolute atomic E-state index is 0.0687. The number of hydrogen-bond donors (Lipinski definition) is 4. The van der Waals surface area contributed by atoms with Crippen LogP contribution in [0.4, 0.5) is 0 Å². The van der Waals surface area contributed by atoms with E-state index in [1.165, 1.54) is 57.8 Å². The van der Waals surface area contributed by atoms with Crippen molar-refractivity contribution in [2.75, 3.05) is 19.8 Å². The lowest BCUT2D eigenvalue weighted by molar-refractivity contribution is -0.161. The van der Waals surface area contributed by atoms with E-state index >= 15 is 0 Å². The number of ether oxygens (including phenoxy) is 2. The fourth-order valence-corrected chi connectivity index (χ4v) is 6.09. The van der Waals surface area contributed by atoms with E-state index in [1.54, 1.807) is 0 Å². The van der Waals surface area contributed by atoms with Crippen molar-refractivity contribution in [2.45, 2.75) is 180 Å². The van der Waals surface area contributed by atoms with Gasteiger partial charge >= 0.3 is 25.7 Å². The SMILES string of the molecule is CCCCCCCCCCCCCCCC(=O)OC[C@H](COP(=O)(O)OC[C@H](N)C(=O)O)OC(=O)CCC/C=C\C/C=C\C/C=C\C/C=C\[C@H](O)CCCC. The molecule has 0 rings (SSSR count). The van der Waals surface area contributed by atoms with Crippen LogP contribution in [-0.4, -0.2) is 71.1 Å². The highest BCUT2D eigenvalue weighted by atomic mass is 31.2. The van der Waals surface area contributed by atoms with Crippen LogP contribution in [0.2, 0.25) is 0 Å². The zero-order valence-electron chi connectivity index (χ0n) is 33.9. The Morgan fingerprint density at radius 1 is 0.636 bits per heavy atom. The maximum Gasteiger partial charge on any atom is 0.472 e. The van der Waals surface area contributed by atoms with Crippen LogP contribution in [-0.2, 0) is 37.5 Å². The number of nitrogens with two attached hydrogens (primary N) is 1. The van der Waals surface area contributed by atoms with Crippen molar-refractivity contribution in [3.63, 3.8) is 0 Å². The van der Waals surface area contributed by atoms with Crippen molar-refractivity contribution in [2.24, 2.45) is 5.73 Å². The summed E-state index contributed by atoms with van der Waals surface area (Å²) in [5.74, 6) is -2.48. The summed E-state index contributed by atoms with van der Waals surface area (Å²) in [6.07, 6.45) is 36.6. The van der Waals surface area contributed by atoms with Crippen LogP contribution in [0.15, 0.2) is 48.6 Å². The number of hydrogen-bond acceptors (Lipinski definition) is 10. The molecule has 4 atom stereocenters. The molecule has 318 valence electrons. The van der Waals surface area contributed by atoms with Gasteiger partial charge in [-0.05, 0) is 44.9 Å². The van der Waals surface area contributed by atoms with Crippen LogP contribution in [0.5, 0.6) is 0 Å². The molecule has 0 amide bonds. The first-order valence-electron chi connectivity index (χ1n) is 20.8. The number of unbranched alkanes of at least 4 members (excludes halogenated alkanes) is 14. The number of allylic oxidation sites excluding steroid dienone is 7. The Balaban J connectivity index is 4.53. The summed E-state index contributed by atoms with van der Waals surface area (Å²) in [4.78, 5) is 45.8. The smallest absolute Gasteiger partial charge is 0.472 e. The van der Waals surface area contributed by atoms with Crippen LogP contribution in [0.25, 0.3) is 0 Å². The third-order valence-corrected chi connectivity index (χ3v) is 9.60. The number of phosphoric acid groups is 1. The van der Waals surface area contributed by atoms with Crippen molar-refractivity contribution in [1.29, 1.82) is 0 Å². The standard InChI is InChI=1S/C42H74NO11P/c1-3-5-7-8-9-10-11-12-16-19-22-25-28-32-40(45)51-34-38(35-52-55(49,50)53-36-39(43)42(47)48)54-41(46)33-29-26-23-20-17-14-13-15-18-21-24-27-31-37(44)30-6-4-2/h13-14,18,20-21,23,27,31,37-39,44H,3-12,15-17,19,22,24-26,28-30,32-36,43H2,1-2H3,(H,47,48)(H,49,50)/b14-13-,21-18-,23-20-,31-27-/t37-,38-,39+/m1/s1. The monoisotopic (exact) mass is 799 g/mol. The van der Waals surface area contributed by atoms with Crippen LogP contribution in [0.3, 0.4) is 0 Å². The zero-order chi connectivity index (χ0) is 40.8. The molecule has 0 aliphatic heterocycles. The summed E-state index contributed by atoms with van der Waals surface area (Å²) >= 11 is 0. The molecule has 13 heteroatoms. The summed E-state index contributed by atoms with van der Waals surface area (Å²) in [7, 11) is -4.74. The molecule has 0 aliphatic rings. The molecule has 0 aromatic heterocycles. The van der Waals surface area contributed by atoms with Crippen molar-refractivity contribution in [3.8, 4) is 0 Å². The summed E-state index contributed by atoms with van der Waals surface area (Å²) in [6.45, 7) is 2.57. The lowest BCUT2D eigenvalue weighted by atomic mass is 10.0. The largest absolute Gasteiger partial charge is 0.480 e. The topological polar surface area (TPSA) is 192 Å². The van der Waals surface area contributed by atoms with Gasteiger partial charge in [-0.25, -0.2) is 4.57 Å². The van der Waals surface area contributed by atoms with E-state index in [4.69, 9.17) is 24.8 Å². The minimum atomic E-state index is -4.74. The van der Waals surface area contributed by atoms with Crippen molar-refractivity contribution in [3.05, 3.63) is 48.6 Å². The number of aliphatic hydroxyl groups is 1.